The van der Waals surface area contributed by atoms with Gasteiger partial charge in [0.15, 0.2) is 6.29 Å². The Bertz CT molecular complexity index is 378. The standard InChI is InChI=1S/C12H22N4O/c1-9-10(5-13)16(8-15-9)11(6-17)14-7-12(2,3)4/h6,8,11,14H,5,7,13H2,1-4H3. The molecule has 1 atom stereocenters. The third-order valence-electron chi connectivity index (χ3n) is 2.57. The zero-order chi connectivity index (χ0) is 13.1. The Labute approximate surface area is 102 Å². The molecule has 1 heterocycles. The summed E-state index contributed by atoms with van der Waals surface area (Å²) in [6, 6.07) is 0. The van der Waals surface area contributed by atoms with Crippen molar-refractivity contribution < 1.29 is 4.79 Å². The lowest BCUT2D eigenvalue weighted by Crippen LogP contribution is -2.35. The number of aromatic nitrogens is 2. The molecular weight excluding hydrogens is 216 g/mol. The van der Waals surface area contributed by atoms with Crippen LogP contribution in [0, 0.1) is 12.3 Å². The maximum absolute atomic E-state index is 11.1. The molecule has 0 aliphatic carbocycles. The van der Waals surface area contributed by atoms with E-state index in [0.29, 0.717) is 6.54 Å². The minimum Gasteiger partial charge on any atom is -0.325 e. The summed E-state index contributed by atoms with van der Waals surface area (Å²) in [6.07, 6.45) is 2.15. The van der Waals surface area contributed by atoms with Crippen LogP contribution in [0.5, 0.6) is 0 Å². The number of nitrogens with zero attached hydrogens (tertiary/aromatic N) is 2. The van der Waals surface area contributed by atoms with E-state index in [0.717, 1.165) is 24.2 Å². The zero-order valence-corrected chi connectivity index (χ0v) is 11.0. The Morgan fingerprint density at radius 2 is 2.24 bits per heavy atom. The number of aryl methyl sites for hydroxylation is 1. The molecule has 5 nitrogen and oxygen atoms in total. The first-order valence-corrected chi connectivity index (χ1v) is 5.80. The molecule has 1 aromatic heterocycles. The summed E-state index contributed by atoms with van der Waals surface area (Å²) < 4.78 is 1.80. The third-order valence-corrected chi connectivity index (χ3v) is 2.57. The van der Waals surface area contributed by atoms with Gasteiger partial charge in [0.1, 0.15) is 6.17 Å². The number of rotatable bonds is 5. The van der Waals surface area contributed by atoms with E-state index >= 15 is 0 Å². The smallest absolute Gasteiger partial charge is 0.157 e. The van der Waals surface area contributed by atoms with Gasteiger partial charge >= 0.3 is 0 Å². The summed E-state index contributed by atoms with van der Waals surface area (Å²) in [5.41, 5.74) is 7.55. The highest BCUT2D eigenvalue weighted by Crippen LogP contribution is 2.14. The molecule has 0 amide bonds. The van der Waals surface area contributed by atoms with Crippen molar-refractivity contribution in [1.82, 2.24) is 14.9 Å². The van der Waals surface area contributed by atoms with Gasteiger partial charge in [-0.3, -0.25) is 10.1 Å². The van der Waals surface area contributed by atoms with E-state index in [9.17, 15) is 4.79 Å². The molecule has 0 aliphatic rings. The molecular formula is C12H22N4O. The third kappa shape index (κ3) is 3.64. The maximum Gasteiger partial charge on any atom is 0.157 e. The van der Waals surface area contributed by atoms with E-state index in [1.165, 1.54) is 0 Å². The predicted octanol–water partition coefficient (Wildman–Crippen LogP) is 0.983. The van der Waals surface area contributed by atoms with Crippen molar-refractivity contribution in [3.63, 3.8) is 0 Å². The Balaban J connectivity index is 2.83. The molecule has 0 aliphatic heterocycles. The van der Waals surface area contributed by atoms with Gasteiger partial charge in [-0.25, -0.2) is 4.98 Å². The van der Waals surface area contributed by atoms with Crippen molar-refractivity contribution in [1.29, 1.82) is 0 Å². The Hall–Kier alpha value is -1.20. The Morgan fingerprint density at radius 3 is 2.71 bits per heavy atom. The lowest BCUT2D eigenvalue weighted by Gasteiger charge is -2.23. The highest BCUT2D eigenvalue weighted by Gasteiger charge is 2.17. The molecule has 96 valence electrons. The van der Waals surface area contributed by atoms with Crippen LogP contribution in [-0.4, -0.2) is 22.4 Å². The average molecular weight is 238 g/mol. The summed E-state index contributed by atoms with van der Waals surface area (Å²) >= 11 is 0. The van der Waals surface area contributed by atoms with Crippen molar-refractivity contribution in [3.8, 4) is 0 Å². The second-order valence-corrected chi connectivity index (χ2v) is 5.41. The first-order valence-electron chi connectivity index (χ1n) is 5.80. The highest BCUT2D eigenvalue weighted by molar-refractivity contribution is 5.55. The fourth-order valence-corrected chi connectivity index (χ4v) is 1.60. The number of carbonyl (C=O) groups excluding carboxylic acids is 1. The number of hydrogen-bond donors (Lipinski definition) is 2. The Kier molecular flexibility index (Phi) is 4.42. The fourth-order valence-electron chi connectivity index (χ4n) is 1.60. The molecule has 1 rings (SSSR count). The topological polar surface area (TPSA) is 72.9 Å². The zero-order valence-electron chi connectivity index (χ0n) is 11.0. The number of imidazole rings is 1. The summed E-state index contributed by atoms with van der Waals surface area (Å²) in [7, 11) is 0. The first-order chi connectivity index (χ1) is 7.89. The molecule has 5 heteroatoms. The lowest BCUT2D eigenvalue weighted by atomic mass is 9.97. The molecule has 0 aromatic carbocycles. The Morgan fingerprint density at radius 1 is 1.59 bits per heavy atom. The molecule has 0 saturated carbocycles. The van der Waals surface area contributed by atoms with Crippen molar-refractivity contribution in [3.05, 3.63) is 17.7 Å². The second-order valence-electron chi connectivity index (χ2n) is 5.41. The summed E-state index contributed by atoms with van der Waals surface area (Å²) in [4.78, 5) is 15.3. The van der Waals surface area contributed by atoms with E-state index in [1.807, 2.05) is 6.92 Å². The van der Waals surface area contributed by atoms with E-state index in [2.05, 4.69) is 31.1 Å². The normalized spacial score (nSPS) is 13.7. The summed E-state index contributed by atoms with van der Waals surface area (Å²) in [6.45, 7) is 9.37. The van der Waals surface area contributed by atoms with Crippen molar-refractivity contribution in [2.75, 3.05) is 6.54 Å². The van der Waals surface area contributed by atoms with Gasteiger partial charge < -0.3 is 10.3 Å². The van der Waals surface area contributed by atoms with Gasteiger partial charge in [-0.05, 0) is 12.3 Å². The van der Waals surface area contributed by atoms with Crippen LogP contribution in [0.15, 0.2) is 6.33 Å². The van der Waals surface area contributed by atoms with Gasteiger partial charge in [-0.2, -0.15) is 0 Å². The molecule has 0 radical (unpaired) electrons. The summed E-state index contributed by atoms with van der Waals surface area (Å²) in [5, 5.41) is 3.21. The van der Waals surface area contributed by atoms with Crippen molar-refractivity contribution in [2.45, 2.75) is 40.4 Å². The molecule has 1 aromatic rings. The van der Waals surface area contributed by atoms with Gasteiger partial charge in [0, 0.05) is 13.1 Å². The molecule has 0 fully saturated rings. The van der Waals surface area contributed by atoms with Gasteiger partial charge in [-0.15, -0.1) is 0 Å². The van der Waals surface area contributed by atoms with Crippen LogP contribution >= 0.6 is 0 Å². The average Bonchev–Trinajstić information content (AvgIpc) is 2.59. The van der Waals surface area contributed by atoms with Crippen LogP contribution in [0.3, 0.4) is 0 Å². The molecule has 3 N–H and O–H groups in total. The summed E-state index contributed by atoms with van der Waals surface area (Å²) in [5.74, 6) is 0. The van der Waals surface area contributed by atoms with E-state index < -0.39 is 6.17 Å². The molecule has 0 spiro atoms. The van der Waals surface area contributed by atoms with Crippen LogP contribution in [0.1, 0.15) is 38.3 Å². The van der Waals surface area contributed by atoms with Gasteiger partial charge in [-0.1, -0.05) is 20.8 Å². The number of carbonyl (C=O) groups is 1. The van der Waals surface area contributed by atoms with E-state index in [-0.39, 0.29) is 5.41 Å². The first kappa shape index (κ1) is 13.9. The van der Waals surface area contributed by atoms with Crippen LogP contribution < -0.4 is 11.1 Å². The number of aldehydes is 1. The van der Waals surface area contributed by atoms with Crippen LogP contribution in [-0.2, 0) is 11.3 Å². The molecule has 1 unspecified atom stereocenters. The maximum atomic E-state index is 11.1. The number of hydrogen-bond acceptors (Lipinski definition) is 4. The minimum absolute atomic E-state index is 0.125. The largest absolute Gasteiger partial charge is 0.325 e. The minimum atomic E-state index is -0.394. The predicted molar refractivity (Wildman–Crippen MR) is 67.4 cm³/mol. The van der Waals surface area contributed by atoms with Gasteiger partial charge in [0.25, 0.3) is 0 Å². The lowest BCUT2D eigenvalue weighted by molar-refractivity contribution is -0.111. The highest BCUT2D eigenvalue weighted by atomic mass is 16.1. The number of nitrogens with two attached hydrogens (primary N) is 1. The molecule has 0 saturated heterocycles. The van der Waals surface area contributed by atoms with Crippen LogP contribution in [0.4, 0.5) is 0 Å². The quantitative estimate of drug-likeness (QED) is 0.750. The second kappa shape index (κ2) is 5.42. The van der Waals surface area contributed by atoms with Crippen molar-refractivity contribution in [2.24, 2.45) is 11.1 Å². The van der Waals surface area contributed by atoms with E-state index in [1.54, 1.807) is 10.9 Å². The molecule has 0 bridgehead atoms. The van der Waals surface area contributed by atoms with Crippen molar-refractivity contribution >= 4 is 6.29 Å². The van der Waals surface area contributed by atoms with E-state index in [4.69, 9.17) is 5.73 Å². The molecule has 17 heavy (non-hydrogen) atoms. The number of nitrogens with one attached hydrogen (secondary N) is 1. The SMILES string of the molecule is Cc1ncn(C(C=O)NCC(C)(C)C)c1CN. The fraction of sp³-hybridized carbons (Fsp3) is 0.667. The van der Waals surface area contributed by atoms with Crippen LogP contribution in [0.25, 0.3) is 0 Å². The van der Waals surface area contributed by atoms with Gasteiger partial charge in [0.2, 0.25) is 0 Å². The monoisotopic (exact) mass is 238 g/mol. The van der Waals surface area contributed by atoms with Gasteiger partial charge in [0.05, 0.1) is 17.7 Å². The van der Waals surface area contributed by atoms with Crippen LogP contribution in [0.2, 0.25) is 0 Å².